The summed E-state index contributed by atoms with van der Waals surface area (Å²) in [6.07, 6.45) is 4.33. The summed E-state index contributed by atoms with van der Waals surface area (Å²) in [5.41, 5.74) is 1.57. The number of nitrogens with zero attached hydrogens (tertiary/aromatic N) is 2. The molecule has 2 heterocycles. The molecule has 7 heteroatoms. The minimum Gasteiger partial charge on any atom is -0.493 e. The molecule has 0 aliphatic carbocycles. The van der Waals surface area contributed by atoms with E-state index >= 15 is 0 Å². The molecule has 31 heavy (non-hydrogen) atoms. The number of hydrogen-bond acceptors (Lipinski definition) is 5. The number of likely N-dealkylation sites (tertiary alicyclic amines) is 2. The first-order valence-corrected chi connectivity index (χ1v) is 11.4. The molecule has 1 aromatic carbocycles. The second-order valence-electron chi connectivity index (χ2n) is 9.36. The van der Waals surface area contributed by atoms with Crippen LogP contribution in [0.25, 0.3) is 0 Å². The van der Waals surface area contributed by atoms with Gasteiger partial charge >= 0.3 is 5.97 Å². The van der Waals surface area contributed by atoms with Crippen molar-refractivity contribution in [2.75, 3.05) is 46.0 Å². The third-order valence-corrected chi connectivity index (χ3v) is 6.48. The van der Waals surface area contributed by atoms with Crippen LogP contribution in [-0.2, 0) is 20.9 Å². The SMILES string of the molecule is CC(C)COc1ccccc1CN1CCC2(CC1)CCN(C(=O)COCC(=O)O)CC2. The lowest BCUT2D eigenvalue weighted by Crippen LogP contribution is -2.48. The molecule has 0 saturated carbocycles. The first-order chi connectivity index (χ1) is 14.9. The maximum atomic E-state index is 12.2. The monoisotopic (exact) mass is 432 g/mol. The first-order valence-electron chi connectivity index (χ1n) is 11.4. The van der Waals surface area contributed by atoms with Crippen LogP contribution >= 0.6 is 0 Å². The van der Waals surface area contributed by atoms with Gasteiger partial charge in [-0.25, -0.2) is 4.79 Å². The van der Waals surface area contributed by atoms with E-state index in [2.05, 4.69) is 36.9 Å². The molecule has 2 aliphatic rings. The summed E-state index contributed by atoms with van der Waals surface area (Å²) in [5.74, 6) is 0.343. The molecular weight excluding hydrogens is 396 g/mol. The Morgan fingerprint density at radius 2 is 1.68 bits per heavy atom. The number of carbonyl (C=O) groups excluding carboxylic acids is 1. The second-order valence-corrected chi connectivity index (χ2v) is 9.36. The Morgan fingerprint density at radius 1 is 1.03 bits per heavy atom. The predicted molar refractivity (Wildman–Crippen MR) is 118 cm³/mol. The highest BCUT2D eigenvalue weighted by Crippen LogP contribution is 2.41. The van der Waals surface area contributed by atoms with Gasteiger partial charge in [0.2, 0.25) is 5.91 Å². The number of rotatable bonds is 9. The molecular formula is C24H36N2O5. The molecule has 1 aromatic rings. The Hall–Kier alpha value is -2.12. The number of para-hydroxylation sites is 1. The Morgan fingerprint density at radius 3 is 2.32 bits per heavy atom. The predicted octanol–water partition coefficient (Wildman–Crippen LogP) is 3.03. The fourth-order valence-electron chi connectivity index (χ4n) is 4.51. The van der Waals surface area contributed by atoms with Gasteiger partial charge in [0.15, 0.2) is 0 Å². The maximum absolute atomic E-state index is 12.2. The van der Waals surface area contributed by atoms with E-state index in [1.54, 1.807) is 0 Å². The van der Waals surface area contributed by atoms with E-state index in [0.29, 0.717) is 11.3 Å². The molecule has 0 radical (unpaired) electrons. The summed E-state index contributed by atoms with van der Waals surface area (Å²) in [5, 5.41) is 8.62. The minimum absolute atomic E-state index is 0.105. The summed E-state index contributed by atoms with van der Waals surface area (Å²) < 4.78 is 11.0. The van der Waals surface area contributed by atoms with Crippen molar-refractivity contribution in [3.05, 3.63) is 29.8 Å². The molecule has 0 atom stereocenters. The minimum atomic E-state index is -1.05. The van der Waals surface area contributed by atoms with E-state index in [9.17, 15) is 9.59 Å². The van der Waals surface area contributed by atoms with Gasteiger partial charge in [0.25, 0.3) is 0 Å². The number of carboxylic acid groups (broad SMARTS) is 1. The van der Waals surface area contributed by atoms with Gasteiger partial charge in [-0.1, -0.05) is 32.0 Å². The molecule has 2 saturated heterocycles. The van der Waals surface area contributed by atoms with Crippen LogP contribution in [-0.4, -0.2) is 72.8 Å². The van der Waals surface area contributed by atoms with Crippen LogP contribution in [0.3, 0.4) is 0 Å². The van der Waals surface area contributed by atoms with Crippen LogP contribution in [0, 0.1) is 11.3 Å². The zero-order chi connectivity index (χ0) is 22.3. The number of benzene rings is 1. The molecule has 2 fully saturated rings. The first kappa shape index (κ1) is 23.5. The van der Waals surface area contributed by atoms with Gasteiger partial charge in [-0.3, -0.25) is 9.69 Å². The number of carboxylic acids is 1. The van der Waals surface area contributed by atoms with Crippen LogP contribution in [0.2, 0.25) is 0 Å². The van der Waals surface area contributed by atoms with E-state index in [0.717, 1.165) is 70.8 Å². The van der Waals surface area contributed by atoms with Crippen molar-refractivity contribution >= 4 is 11.9 Å². The second kappa shape index (κ2) is 11.0. The quantitative estimate of drug-likeness (QED) is 0.646. The van der Waals surface area contributed by atoms with Crippen molar-refractivity contribution in [2.45, 2.75) is 46.1 Å². The van der Waals surface area contributed by atoms with E-state index in [1.807, 2.05) is 11.0 Å². The number of hydrogen-bond donors (Lipinski definition) is 1. The van der Waals surface area contributed by atoms with Crippen LogP contribution < -0.4 is 4.74 Å². The molecule has 0 bridgehead atoms. The van der Waals surface area contributed by atoms with Gasteiger partial charge in [0.05, 0.1) is 6.61 Å². The van der Waals surface area contributed by atoms with Crippen LogP contribution in [0.5, 0.6) is 5.75 Å². The number of aliphatic carboxylic acids is 1. The van der Waals surface area contributed by atoms with E-state index in [4.69, 9.17) is 14.6 Å². The molecule has 0 unspecified atom stereocenters. The van der Waals surface area contributed by atoms with E-state index in [-0.39, 0.29) is 12.5 Å². The average Bonchev–Trinajstić information content (AvgIpc) is 2.75. The Kier molecular flexibility index (Phi) is 8.32. The third-order valence-electron chi connectivity index (χ3n) is 6.48. The Bertz CT molecular complexity index is 733. The van der Waals surface area contributed by atoms with Gasteiger partial charge in [0, 0.05) is 25.2 Å². The lowest BCUT2D eigenvalue weighted by molar-refractivity contribution is -0.146. The fraction of sp³-hybridized carbons (Fsp3) is 0.667. The summed E-state index contributed by atoms with van der Waals surface area (Å²) in [7, 11) is 0. The summed E-state index contributed by atoms with van der Waals surface area (Å²) in [6.45, 7) is 9.00. The van der Waals surface area contributed by atoms with Crippen LogP contribution in [0.4, 0.5) is 0 Å². The van der Waals surface area contributed by atoms with Crippen LogP contribution in [0.1, 0.15) is 45.1 Å². The van der Waals surface area contributed by atoms with Gasteiger partial charge in [-0.2, -0.15) is 0 Å². The smallest absolute Gasteiger partial charge is 0.329 e. The number of ether oxygens (including phenoxy) is 2. The molecule has 1 N–H and O–H groups in total. The highest BCUT2D eigenvalue weighted by molar-refractivity contribution is 5.78. The number of carbonyl (C=O) groups is 2. The van der Waals surface area contributed by atoms with Crippen molar-refractivity contribution in [1.29, 1.82) is 0 Å². The van der Waals surface area contributed by atoms with Gasteiger partial charge in [-0.15, -0.1) is 0 Å². The standard InChI is InChI=1S/C24H36N2O5/c1-19(2)16-31-21-6-4-3-5-20(21)15-25-11-7-24(8-12-25)9-13-26(14-10-24)22(27)17-30-18-23(28)29/h3-6,19H,7-18H2,1-2H3,(H,28,29). The van der Waals surface area contributed by atoms with Crippen molar-refractivity contribution in [1.82, 2.24) is 9.80 Å². The lowest BCUT2D eigenvalue weighted by atomic mass is 9.71. The molecule has 1 amide bonds. The maximum Gasteiger partial charge on any atom is 0.329 e. The zero-order valence-corrected chi connectivity index (χ0v) is 18.8. The number of amides is 1. The van der Waals surface area contributed by atoms with Gasteiger partial charge in [0.1, 0.15) is 19.0 Å². The van der Waals surface area contributed by atoms with E-state index in [1.165, 1.54) is 5.56 Å². The fourth-order valence-corrected chi connectivity index (χ4v) is 4.51. The zero-order valence-electron chi connectivity index (χ0n) is 18.8. The normalized spacial score (nSPS) is 19.0. The van der Waals surface area contributed by atoms with Gasteiger partial charge in [-0.05, 0) is 56.2 Å². The van der Waals surface area contributed by atoms with E-state index < -0.39 is 12.6 Å². The molecule has 0 aromatic heterocycles. The highest BCUT2D eigenvalue weighted by Gasteiger charge is 2.38. The summed E-state index contributed by atoms with van der Waals surface area (Å²) in [6, 6.07) is 8.34. The lowest BCUT2D eigenvalue weighted by Gasteiger charge is -2.47. The van der Waals surface area contributed by atoms with Crippen LogP contribution in [0.15, 0.2) is 24.3 Å². The topological polar surface area (TPSA) is 79.3 Å². The third kappa shape index (κ3) is 6.94. The molecule has 1 spiro atoms. The van der Waals surface area contributed by atoms with Crippen molar-refractivity contribution < 1.29 is 24.2 Å². The summed E-state index contributed by atoms with van der Waals surface area (Å²) >= 11 is 0. The number of piperidine rings is 2. The average molecular weight is 433 g/mol. The highest BCUT2D eigenvalue weighted by atomic mass is 16.5. The molecule has 172 valence electrons. The largest absolute Gasteiger partial charge is 0.493 e. The van der Waals surface area contributed by atoms with Crippen molar-refractivity contribution in [3.63, 3.8) is 0 Å². The molecule has 7 nitrogen and oxygen atoms in total. The van der Waals surface area contributed by atoms with Gasteiger partial charge < -0.3 is 19.5 Å². The molecule has 2 aliphatic heterocycles. The molecule has 3 rings (SSSR count). The Labute approximate surface area is 185 Å². The Balaban J connectivity index is 1.44. The van der Waals surface area contributed by atoms with Crippen molar-refractivity contribution in [2.24, 2.45) is 11.3 Å². The van der Waals surface area contributed by atoms with Crippen molar-refractivity contribution in [3.8, 4) is 5.75 Å². The summed E-state index contributed by atoms with van der Waals surface area (Å²) in [4.78, 5) is 27.1.